The Morgan fingerprint density at radius 2 is 1.54 bits per heavy atom. The molecular weight excluding hydrogens is 302 g/mol. The lowest BCUT2D eigenvalue weighted by Crippen LogP contribution is -2.47. The third-order valence-electron chi connectivity index (χ3n) is 4.41. The van der Waals surface area contributed by atoms with E-state index in [-0.39, 0.29) is 6.61 Å². The van der Waals surface area contributed by atoms with E-state index >= 15 is 0 Å². The number of rotatable bonds is 16. The van der Waals surface area contributed by atoms with Crippen molar-refractivity contribution in [3.63, 3.8) is 0 Å². The zero-order valence-corrected chi connectivity index (χ0v) is 16.3. The van der Waals surface area contributed by atoms with Gasteiger partial charge in [-0.1, -0.05) is 64.9 Å². The predicted octanol–water partition coefficient (Wildman–Crippen LogP) is 4.07. The van der Waals surface area contributed by atoms with Crippen molar-refractivity contribution in [2.75, 3.05) is 33.8 Å². The first-order valence-electron chi connectivity index (χ1n) is 9.70. The van der Waals surface area contributed by atoms with E-state index in [0.717, 1.165) is 17.1 Å². The van der Waals surface area contributed by atoms with E-state index < -0.39 is 12.1 Å². The summed E-state index contributed by atoms with van der Waals surface area (Å²) < 4.78 is 5.64. The minimum absolute atomic E-state index is 0.0462. The summed E-state index contributed by atoms with van der Waals surface area (Å²) in [4.78, 5) is 11.0. The van der Waals surface area contributed by atoms with Gasteiger partial charge in [0.25, 0.3) is 0 Å². The lowest BCUT2D eigenvalue weighted by Gasteiger charge is -2.31. The highest BCUT2D eigenvalue weighted by molar-refractivity contribution is 5.81. The van der Waals surface area contributed by atoms with E-state index in [2.05, 4.69) is 27.6 Å². The van der Waals surface area contributed by atoms with Crippen LogP contribution in [-0.4, -0.2) is 55.5 Å². The fourth-order valence-electron chi connectivity index (χ4n) is 2.98. The van der Waals surface area contributed by atoms with Crippen molar-refractivity contribution in [2.24, 2.45) is 0 Å². The number of carbonyl (C=O) groups excluding carboxylic acids is 1. The van der Waals surface area contributed by atoms with Crippen LogP contribution in [0.3, 0.4) is 0 Å². The number of aliphatic hydroxyl groups is 1. The molecule has 1 N–H and O–H groups in total. The Kier molecular flexibility index (Phi) is 13.9. The quantitative estimate of drug-likeness (QED) is 0.199. The summed E-state index contributed by atoms with van der Waals surface area (Å²) in [6.45, 7) is 7.29. The molecule has 0 aromatic heterocycles. The van der Waals surface area contributed by atoms with Crippen molar-refractivity contribution in [1.29, 1.82) is 0 Å². The molecule has 0 aliphatic rings. The van der Waals surface area contributed by atoms with Crippen LogP contribution in [0.2, 0.25) is 0 Å². The number of ether oxygens (including phenoxy) is 1. The van der Waals surface area contributed by atoms with Crippen LogP contribution in [0.25, 0.3) is 0 Å². The van der Waals surface area contributed by atoms with Gasteiger partial charge in [-0.05, 0) is 12.8 Å². The topological polar surface area (TPSA) is 46.5 Å². The van der Waals surface area contributed by atoms with Crippen LogP contribution in [0.5, 0.6) is 0 Å². The molecule has 142 valence electrons. The summed E-state index contributed by atoms with van der Waals surface area (Å²) in [7, 11) is 4.23. The number of hydrogen-bond acceptors (Lipinski definition) is 3. The van der Waals surface area contributed by atoms with Crippen LogP contribution >= 0.6 is 0 Å². The second kappa shape index (κ2) is 14.5. The van der Waals surface area contributed by atoms with Crippen molar-refractivity contribution in [3.05, 3.63) is 12.7 Å². The molecular formula is C20H40NO3+. The normalized spacial score (nSPS) is 12.8. The van der Waals surface area contributed by atoms with Crippen molar-refractivity contribution in [1.82, 2.24) is 0 Å². The maximum Gasteiger partial charge on any atom is 0.330 e. The number of unbranched alkanes of at least 4 members (excludes halogenated alkanes) is 9. The number of esters is 1. The first kappa shape index (κ1) is 23.1. The highest BCUT2D eigenvalue weighted by Crippen LogP contribution is 2.12. The van der Waals surface area contributed by atoms with Gasteiger partial charge < -0.3 is 14.3 Å². The molecule has 0 heterocycles. The van der Waals surface area contributed by atoms with E-state index in [1.807, 2.05) is 0 Å². The molecule has 0 aromatic rings. The Morgan fingerprint density at radius 1 is 1.04 bits per heavy atom. The monoisotopic (exact) mass is 342 g/mol. The molecule has 1 unspecified atom stereocenters. The largest absolute Gasteiger partial charge is 0.460 e. The second-order valence-corrected chi connectivity index (χ2v) is 7.51. The molecule has 4 heteroatoms. The standard InChI is InChI=1S/C20H40NO3/c1-5-7-8-9-10-11-12-13-14-15-16-21(3,4)17-19(22)18-24-20(23)6-2/h6,19,22H,2,5,7-18H2,1,3-4H3/q+1. The van der Waals surface area contributed by atoms with Gasteiger partial charge in [-0.3, -0.25) is 0 Å². The third kappa shape index (κ3) is 14.7. The van der Waals surface area contributed by atoms with Gasteiger partial charge in [0, 0.05) is 6.08 Å². The van der Waals surface area contributed by atoms with Gasteiger partial charge in [0.2, 0.25) is 0 Å². The van der Waals surface area contributed by atoms with Crippen LogP contribution < -0.4 is 0 Å². The van der Waals surface area contributed by atoms with Crippen LogP contribution in [-0.2, 0) is 9.53 Å². The van der Waals surface area contributed by atoms with Crippen LogP contribution in [0.4, 0.5) is 0 Å². The second-order valence-electron chi connectivity index (χ2n) is 7.51. The third-order valence-corrected chi connectivity index (χ3v) is 4.41. The van der Waals surface area contributed by atoms with Gasteiger partial charge >= 0.3 is 5.97 Å². The summed E-state index contributed by atoms with van der Waals surface area (Å²) in [5, 5.41) is 9.96. The van der Waals surface area contributed by atoms with Crippen molar-refractivity contribution in [3.8, 4) is 0 Å². The average molecular weight is 343 g/mol. The Labute approximate surface area is 149 Å². The summed E-state index contributed by atoms with van der Waals surface area (Å²) in [5.41, 5.74) is 0. The Hall–Kier alpha value is -0.870. The molecule has 0 radical (unpaired) electrons. The lowest BCUT2D eigenvalue weighted by molar-refractivity contribution is -0.893. The Morgan fingerprint density at radius 3 is 2.04 bits per heavy atom. The zero-order chi connectivity index (χ0) is 18.3. The Balaban J connectivity index is 3.59. The van der Waals surface area contributed by atoms with E-state index in [4.69, 9.17) is 4.74 Å². The van der Waals surface area contributed by atoms with Gasteiger partial charge in [-0.2, -0.15) is 0 Å². The van der Waals surface area contributed by atoms with Gasteiger partial charge in [0.1, 0.15) is 19.3 Å². The summed E-state index contributed by atoms with van der Waals surface area (Å²) in [5.74, 6) is -0.478. The molecule has 1 atom stereocenters. The molecule has 0 fully saturated rings. The van der Waals surface area contributed by atoms with Crippen LogP contribution in [0.15, 0.2) is 12.7 Å². The molecule has 0 bridgehead atoms. The minimum Gasteiger partial charge on any atom is -0.460 e. The van der Waals surface area contributed by atoms with Gasteiger partial charge in [-0.15, -0.1) is 0 Å². The molecule has 0 saturated carbocycles. The van der Waals surface area contributed by atoms with E-state index in [1.165, 1.54) is 64.2 Å². The molecule has 0 saturated heterocycles. The van der Waals surface area contributed by atoms with E-state index in [9.17, 15) is 9.90 Å². The number of quaternary nitrogens is 1. The van der Waals surface area contributed by atoms with E-state index in [1.54, 1.807) is 0 Å². The number of aliphatic hydroxyl groups excluding tert-OH is 1. The van der Waals surface area contributed by atoms with Crippen molar-refractivity contribution >= 4 is 5.97 Å². The zero-order valence-electron chi connectivity index (χ0n) is 16.3. The lowest BCUT2D eigenvalue weighted by atomic mass is 10.1. The molecule has 0 rings (SSSR count). The molecule has 0 aliphatic heterocycles. The molecule has 0 amide bonds. The van der Waals surface area contributed by atoms with Crippen molar-refractivity contribution < 1.29 is 19.1 Å². The average Bonchev–Trinajstić information content (AvgIpc) is 2.53. The Bertz CT molecular complexity index is 329. The first-order valence-corrected chi connectivity index (χ1v) is 9.70. The first-order chi connectivity index (χ1) is 11.4. The summed E-state index contributed by atoms with van der Waals surface area (Å²) in [6, 6.07) is 0. The van der Waals surface area contributed by atoms with Gasteiger partial charge in [-0.25, -0.2) is 4.79 Å². The fraction of sp³-hybridized carbons (Fsp3) is 0.850. The SMILES string of the molecule is C=CC(=O)OCC(O)C[N+](C)(C)CCCCCCCCCCCC. The van der Waals surface area contributed by atoms with Crippen LogP contribution in [0, 0.1) is 0 Å². The number of carbonyl (C=O) groups is 1. The highest BCUT2D eigenvalue weighted by atomic mass is 16.5. The van der Waals surface area contributed by atoms with Gasteiger partial charge in [0.15, 0.2) is 0 Å². The number of nitrogens with zero attached hydrogens (tertiary/aromatic N) is 1. The molecule has 24 heavy (non-hydrogen) atoms. The summed E-state index contributed by atoms with van der Waals surface area (Å²) in [6.07, 6.45) is 13.9. The molecule has 0 aliphatic carbocycles. The fourth-order valence-corrected chi connectivity index (χ4v) is 2.98. The number of likely N-dealkylation sites (N-methyl/N-ethyl adjacent to an activating group) is 1. The number of hydrogen-bond donors (Lipinski definition) is 1. The molecule has 4 nitrogen and oxygen atoms in total. The predicted molar refractivity (Wildman–Crippen MR) is 101 cm³/mol. The molecule has 0 aromatic carbocycles. The highest BCUT2D eigenvalue weighted by Gasteiger charge is 2.21. The maximum absolute atomic E-state index is 11.0. The van der Waals surface area contributed by atoms with Crippen molar-refractivity contribution in [2.45, 2.75) is 77.2 Å². The van der Waals surface area contributed by atoms with E-state index in [0.29, 0.717) is 6.54 Å². The van der Waals surface area contributed by atoms with Crippen LogP contribution in [0.1, 0.15) is 71.1 Å². The smallest absolute Gasteiger partial charge is 0.330 e. The maximum atomic E-state index is 11.0. The summed E-state index contributed by atoms with van der Waals surface area (Å²) >= 11 is 0. The minimum atomic E-state index is -0.618. The van der Waals surface area contributed by atoms with Gasteiger partial charge in [0.05, 0.1) is 20.6 Å². The molecule has 0 spiro atoms.